The van der Waals surface area contributed by atoms with E-state index in [2.05, 4.69) is 42.6 Å². The molecule has 0 amide bonds. The van der Waals surface area contributed by atoms with Crippen LogP contribution in [0.1, 0.15) is 43.5 Å². The first kappa shape index (κ1) is 16.0. The highest BCUT2D eigenvalue weighted by molar-refractivity contribution is 7.98. The highest BCUT2D eigenvalue weighted by atomic mass is 32.2. The maximum absolute atomic E-state index is 9.59. The van der Waals surface area contributed by atoms with Crippen LogP contribution in [0.5, 0.6) is 0 Å². The van der Waals surface area contributed by atoms with Gasteiger partial charge in [0.05, 0.1) is 12.6 Å². The van der Waals surface area contributed by atoms with Crippen molar-refractivity contribution in [2.24, 2.45) is 0 Å². The quantitative estimate of drug-likeness (QED) is 0.827. The van der Waals surface area contributed by atoms with E-state index in [1.54, 1.807) is 18.1 Å². The Labute approximate surface area is 131 Å². The molecule has 0 saturated carbocycles. The van der Waals surface area contributed by atoms with Gasteiger partial charge in [-0.1, -0.05) is 42.3 Å². The van der Waals surface area contributed by atoms with Crippen molar-refractivity contribution in [2.75, 3.05) is 0 Å². The number of rotatable bonds is 5. The van der Waals surface area contributed by atoms with Gasteiger partial charge >= 0.3 is 0 Å². The van der Waals surface area contributed by atoms with Gasteiger partial charge in [0.2, 0.25) is 0 Å². The van der Waals surface area contributed by atoms with Crippen LogP contribution in [0, 0.1) is 0 Å². The van der Waals surface area contributed by atoms with E-state index in [1.165, 1.54) is 0 Å². The van der Waals surface area contributed by atoms with Crippen molar-refractivity contribution in [1.82, 2.24) is 9.71 Å². The molecule has 0 aliphatic rings. The molecule has 0 bridgehead atoms. The largest absolute Gasteiger partial charge is 0.392 e. The molecule has 21 heavy (non-hydrogen) atoms. The average Bonchev–Trinajstić information content (AvgIpc) is 2.48. The maximum atomic E-state index is 9.59. The molecule has 1 heterocycles. The van der Waals surface area contributed by atoms with Gasteiger partial charge in [0, 0.05) is 17.1 Å². The lowest BCUT2D eigenvalue weighted by molar-refractivity contribution is 0.280. The van der Waals surface area contributed by atoms with Crippen LogP contribution in [0.4, 0.5) is 0 Å². The smallest absolute Gasteiger partial charge is 0.0690 e. The Morgan fingerprint density at radius 2 is 1.95 bits per heavy atom. The van der Waals surface area contributed by atoms with Crippen LogP contribution in [-0.4, -0.2) is 14.8 Å². The third kappa shape index (κ3) is 4.56. The van der Waals surface area contributed by atoms with Gasteiger partial charge in [0.25, 0.3) is 0 Å². The second-order valence-electron chi connectivity index (χ2n) is 5.91. The van der Waals surface area contributed by atoms with Gasteiger partial charge in [0.15, 0.2) is 0 Å². The van der Waals surface area contributed by atoms with E-state index in [1.807, 2.05) is 30.5 Å². The molecule has 0 aliphatic carbocycles. The molecular formula is C17H22N2OS. The lowest BCUT2D eigenvalue weighted by Crippen LogP contribution is -2.23. The summed E-state index contributed by atoms with van der Waals surface area (Å²) in [7, 11) is 0. The molecule has 0 saturated heterocycles. The van der Waals surface area contributed by atoms with Crippen LogP contribution in [0.15, 0.2) is 48.8 Å². The molecule has 2 N–H and O–H groups in total. The number of hydrogen-bond donors (Lipinski definition) is 2. The Hall–Kier alpha value is -1.36. The average molecular weight is 302 g/mol. The maximum Gasteiger partial charge on any atom is 0.0690 e. The minimum absolute atomic E-state index is 0.00581. The van der Waals surface area contributed by atoms with Crippen LogP contribution in [0.25, 0.3) is 0 Å². The van der Waals surface area contributed by atoms with Gasteiger partial charge in [0.1, 0.15) is 0 Å². The van der Waals surface area contributed by atoms with E-state index < -0.39 is 0 Å². The van der Waals surface area contributed by atoms with Crippen LogP contribution in [0.3, 0.4) is 0 Å². The topological polar surface area (TPSA) is 45.2 Å². The molecule has 1 atom stereocenters. The summed E-state index contributed by atoms with van der Waals surface area (Å²) in [6.07, 6.45) is 3.64. The van der Waals surface area contributed by atoms with E-state index in [4.69, 9.17) is 0 Å². The molecule has 0 aliphatic heterocycles. The fourth-order valence-corrected chi connectivity index (χ4v) is 2.79. The number of hydrogen-bond acceptors (Lipinski definition) is 4. The molecule has 0 radical (unpaired) electrons. The summed E-state index contributed by atoms with van der Waals surface area (Å²) in [5, 5.41) is 9.59. The van der Waals surface area contributed by atoms with E-state index in [-0.39, 0.29) is 17.4 Å². The molecule has 112 valence electrons. The van der Waals surface area contributed by atoms with Crippen molar-refractivity contribution < 1.29 is 5.11 Å². The molecule has 1 aromatic carbocycles. The fraction of sp³-hybridized carbons (Fsp3) is 0.353. The van der Waals surface area contributed by atoms with Gasteiger partial charge < -0.3 is 5.11 Å². The molecule has 3 nitrogen and oxygen atoms in total. The Morgan fingerprint density at radius 3 is 2.57 bits per heavy atom. The lowest BCUT2D eigenvalue weighted by atomic mass is 9.96. The second-order valence-corrected chi connectivity index (χ2v) is 7.57. The van der Waals surface area contributed by atoms with Crippen LogP contribution < -0.4 is 4.72 Å². The second kappa shape index (κ2) is 7.07. The molecule has 0 spiro atoms. The SMILES string of the molecule is CC(C)(C)SN[C@@H](c1cccnc1)c1ccccc1CO. The van der Waals surface area contributed by atoms with E-state index in [0.29, 0.717) is 0 Å². The zero-order valence-electron chi connectivity index (χ0n) is 12.7. The van der Waals surface area contributed by atoms with E-state index >= 15 is 0 Å². The molecule has 2 aromatic rings. The first-order valence-electron chi connectivity index (χ1n) is 7.03. The zero-order valence-corrected chi connectivity index (χ0v) is 13.5. The molecular weight excluding hydrogens is 280 g/mol. The number of nitrogens with one attached hydrogen (secondary N) is 1. The van der Waals surface area contributed by atoms with Gasteiger partial charge in [-0.15, -0.1) is 0 Å². The van der Waals surface area contributed by atoms with Crippen molar-refractivity contribution in [3.05, 3.63) is 65.5 Å². The highest BCUT2D eigenvalue weighted by Gasteiger charge is 2.20. The fourth-order valence-electron chi connectivity index (χ4n) is 2.05. The summed E-state index contributed by atoms with van der Waals surface area (Å²) in [6.45, 7) is 6.55. The first-order valence-corrected chi connectivity index (χ1v) is 7.85. The summed E-state index contributed by atoms with van der Waals surface area (Å²) < 4.78 is 3.64. The predicted octanol–water partition coefficient (Wildman–Crippen LogP) is 3.70. The van der Waals surface area contributed by atoms with Gasteiger partial charge in [-0.25, -0.2) is 0 Å². The summed E-state index contributed by atoms with van der Waals surface area (Å²) >= 11 is 1.69. The number of aromatic nitrogens is 1. The van der Waals surface area contributed by atoms with Gasteiger partial charge in [-0.3, -0.25) is 9.71 Å². The normalized spacial score (nSPS) is 13.1. The molecule has 0 unspecified atom stereocenters. The van der Waals surface area contributed by atoms with Crippen molar-refractivity contribution in [2.45, 2.75) is 38.2 Å². The summed E-state index contributed by atoms with van der Waals surface area (Å²) in [6, 6.07) is 12.0. The Morgan fingerprint density at radius 1 is 1.19 bits per heavy atom. The van der Waals surface area contributed by atoms with Crippen molar-refractivity contribution in [1.29, 1.82) is 0 Å². The van der Waals surface area contributed by atoms with Crippen LogP contribution in [-0.2, 0) is 6.61 Å². The number of pyridine rings is 1. The number of benzene rings is 1. The summed E-state index contributed by atoms with van der Waals surface area (Å²) in [5.41, 5.74) is 3.12. The summed E-state index contributed by atoms with van der Waals surface area (Å²) in [5.74, 6) is 0. The number of nitrogens with zero attached hydrogens (tertiary/aromatic N) is 1. The third-order valence-corrected chi connectivity index (χ3v) is 4.00. The lowest BCUT2D eigenvalue weighted by Gasteiger charge is -2.26. The van der Waals surface area contributed by atoms with Gasteiger partial charge in [-0.2, -0.15) is 0 Å². The Kier molecular flexibility index (Phi) is 5.39. The first-order chi connectivity index (χ1) is 10.0. The minimum Gasteiger partial charge on any atom is -0.392 e. The molecule has 0 fully saturated rings. The zero-order chi connectivity index (χ0) is 15.3. The standard InChI is InChI=1S/C17H22N2OS/c1-17(2,3)21-19-16(13-8-6-10-18-11-13)15-9-5-4-7-14(15)12-20/h4-11,16,19-20H,12H2,1-3H3/t16-/m0/s1. The Bertz CT molecular complexity index is 567. The van der Waals surface area contributed by atoms with Crippen LogP contribution >= 0.6 is 11.9 Å². The van der Waals surface area contributed by atoms with Crippen molar-refractivity contribution in [3.8, 4) is 0 Å². The minimum atomic E-state index is 0.00581. The summed E-state index contributed by atoms with van der Waals surface area (Å²) in [4.78, 5) is 4.22. The van der Waals surface area contributed by atoms with Crippen molar-refractivity contribution in [3.63, 3.8) is 0 Å². The van der Waals surface area contributed by atoms with Crippen molar-refractivity contribution >= 4 is 11.9 Å². The van der Waals surface area contributed by atoms with Gasteiger partial charge in [-0.05, 0) is 43.5 Å². The molecule has 4 heteroatoms. The number of aliphatic hydroxyl groups is 1. The predicted molar refractivity (Wildman–Crippen MR) is 88.9 cm³/mol. The number of aliphatic hydroxyl groups excluding tert-OH is 1. The monoisotopic (exact) mass is 302 g/mol. The molecule has 2 rings (SSSR count). The van der Waals surface area contributed by atoms with E-state index in [9.17, 15) is 5.11 Å². The highest BCUT2D eigenvalue weighted by Crippen LogP contribution is 2.30. The molecule has 1 aromatic heterocycles. The van der Waals surface area contributed by atoms with E-state index in [0.717, 1.165) is 16.7 Å². The van der Waals surface area contributed by atoms with Crippen LogP contribution in [0.2, 0.25) is 0 Å². The third-order valence-electron chi connectivity index (χ3n) is 3.04. The Balaban J connectivity index is 2.36.